The van der Waals surface area contributed by atoms with Crippen LogP contribution in [0.5, 0.6) is 0 Å². The number of hydrogen-bond acceptors (Lipinski definition) is 4. The monoisotopic (exact) mass is 398 g/mol. The van der Waals surface area contributed by atoms with E-state index in [2.05, 4.69) is 10.6 Å². The summed E-state index contributed by atoms with van der Waals surface area (Å²) in [7, 11) is 0. The minimum absolute atomic E-state index is 0.157. The summed E-state index contributed by atoms with van der Waals surface area (Å²) in [5.41, 5.74) is 0.892. The van der Waals surface area contributed by atoms with E-state index in [1.165, 1.54) is 6.92 Å². The SMILES string of the molecule is CCCNC(=O)[C@@H](C)OC(=O)[C@@H](NC(=O)Cc1cccc2ccccc12)C(C)C. The van der Waals surface area contributed by atoms with Gasteiger partial charge >= 0.3 is 5.97 Å². The van der Waals surface area contributed by atoms with Crippen LogP contribution in [0.25, 0.3) is 10.8 Å². The van der Waals surface area contributed by atoms with Gasteiger partial charge in [0.25, 0.3) is 5.91 Å². The maximum atomic E-state index is 12.6. The summed E-state index contributed by atoms with van der Waals surface area (Å²) in [6.45, 7) is 7.64. The first kappa shape index (κ1) is 22.4. The van der Waals surface area contributed by atoms with E-state index in [0.717, 1.165) is 22.8 Å². The maximum absolute atomic E-state index is 12.6. The lowest BCUT2D eigenvalue weighted by Gasteiger charge is -2.23. The zero-order valence-electron chi connectivity index (χ0n) is 17.5. The van der Waals surface area contributed by atoms with Crippen LogP contribution in [0.15, 0.2) is 42.5 Å². The van der Waals surface area contributed by atoms with Gasteiger partial charge in [-0.1, -0.05) is 63.2 Å². The topological polar surface area (TPSA) is 84.5 Å². The van der Waals surface area contributed by atoms with Crippen LogP contribution < -0.4 is 10.6 Å². The minimum Gasteiger partial charge on any atom is -0.451 e. The van der Waals surface area contributed by atoms with E-state index in [1.807, 2.05) is 63.2 Å². The smallest absolute Gasteiger partial charge is 0.329 e. The number of carbonyl (C=O) groups is 3. The molecule has 29 heavy (non-hydrogen) atoms. The third-order valence-corrected chi connectivity index (χ3v) is 4.68. The van der Waals surface area contributed by atoms with Crippen molar-refractivity contribution < 1.29 is 19.1 Å². The second-order valence-electron chi connectivity index (χ2n) is 7.47. The summed E-state index contributed by atoms with van der Waals surface area (Å²) in [6, 6.07) is 12.9. The molecule has 2 aromatic carbocycles. The van der Waals surface area contributed by atoms with E-state index in [1.54, 1.807) is 0 Å². The largest absolute Gasteiger partial charge is 0.451 e. The van der Waals surface area contributed by atoms with E-state index in [0.29, 0.717) is 6.54 Å². The van der Waals surface area contributed by atoms with Gasteiger partial charge in [-0.25, -0.2) is 4.79 Å². The Morgan fingerprint density at radius 3 is 2.38 bits per heavy atom. The van der Waals surface area contributed by atoms with E-state index in [4.69, 9.17) is 4.74 Å². The molecule has 2 atom stereocenters. The lowest BCUT2D eigenvalue weighted by molar-refractivity contribution is -0.158. The summed E-state index contributed by atoms with van der Waals surface area (Å²) in [5, 5.41) is 7.53. The van der Waals surface area contributed by atoms with Crippen molar-refractivity contribution in [3.05, 3.63) is 48.0 Å². The van der Waals surface area contributed by atoms with Gasteiger partial charge in [0.15, 0.2) is 6.10 Å². The van der Waals surface area contributed by atoms with Crippen LogP contribution >= 0.6 is 0 Å². The molecular weight excluding hydrogens is 368 g/mol. The highest BCUT2D eigenvalue weighted by molar-refractivity contribution is 5.92. The Morgan fingerprint density at radius 1 is 1.00 bits per heavy atom. The lowest BCUT2D eigenvalue weighted by Crippen LogP contribution is -2.48. The van der Waals surface area contributed by atoms with E-state index in [-0.39, 0.29) is 24.2 Å². The Bertz CT molecular complexity index is 858. The average Bonchev–Trinajstić information content (AvgIpc) is 2.70. The van der Waals surface area contributed by atoms with E-state index >= 15 is 0 Å². The molecule has 0 saturated heterocycles. The van der Waals surface area contributed by atoms with Gasteiger partial charge in [0.05, 0.1) is 6.42 Å². The van der Waals surface area contributed by atoms with Gasteiger partial charge in [0, 0.05) is 6.54 Å². The quantitative estimate of drug-likeness (QED) is 0.636. The predicted molar refractivity (Wildman–Crippen MR) is 113 cm³/mol. The van der Waals surface area contributed by atoms with Crippen LogP contribution in [0, 0.1) is 5.92 Å². The summed E-state index contributed by atoms with van der Waals surface area (Å²) in [4.78, 5) is 37.1. The average molecular weight is 399 g/mol. The second kappa shape index (κ2) is 10.6. The van der Waals surface area contributed by atoms with Gasteiger partial charge < -0.3 is 15.4 Å². The molecule has 2 amide bonds. The normalized spacial score (nSPS) is 13.0. The standard InChI is InChI=1S/C23H30N2O4/c1-5-13-24-22(27)16(4)29-23(28)21(15(2)3)25-20(26)14-18-11-8-10-17-9-6-7-12-19(17)18/h6-12,15-16,21H,5,13-14H2,1-4H3,(H,24,27)(H,25,26)/t16-,21+/m1/s1. The molecule has 0 saturated carbocycles. The third kappa shape index (κ3) is 6.31. The van der Waals surface area contributed by atoms with Crippen molar-refractivity contribution >= 4 is 28.6 Å². The van der Waals surface area contributed by atoms with Gasteiger partial charge in [-0.3, -0.25) is 9.59 Å². The number of ether oxygens (including phenoxy) is 1. The molecule has 0 unspecified atom stereocenters. The summed E-state index contributed by atoms with van der Waals surface area (Å²) in [6.07, 6.45) is 0.0422. The van der Waals surface area contributed by atoms with Crippen molar-refractivity contribution in [1.29, 1.82) is 0 Å². The number of rotatable bonds is 9. The molecule has 0 aliphatic carbocycles. The lowest BCUT2D eigenvalue weighted by atomic mass is 10.0. The number of benzene rings is 2. The molecule has 0 radical (unpaired) electrons. The fourth-order valence-electron chi connectivity index (χ4n) is 3.03. The molecule has 6 nitrogen and oxygen atoms in total. The van der Waals surface area contributed by atoms with Crippen LogP contribution in [0.4, 0.5) is 0 Å². The number of hydrogen-bond donors (Lipinski definition) is 2. The third-order valence-electron chi connectivity index (χ3n) is 4.68. The number of amides is 2. The molecule has 0 aliphatic rings. The first-order valence-corrected chi connectivity index (χ1v) is 10.1. The molecule has 6 heteroatoms. The molecule has 2 rings (SSSR count). The van der Waals surface area contributed by atoms with Gasteiger partial charge in [-0.2, -0.15) is 0 Å². The molecule has 0 heterocycles. The Kier molecular flexibility index (Phi) is 8.19. The molecular formula is C23H30N2O4. The fourth-order valence-corrected chi connectivity index (χ4v) is 3.03. The number of fused-ring (bicyclic) bond motifs is 1. The van der Waals surface area contributed by atoms with Crippen LogP contribution in [0.2, 0.25) is 0 Å². The van der Waals surface area contributed by atoms with E-state index < -0.39 is 18.1 Å². The zero-order valence-corrected chi connectivity index (χ0v) is 17.5. The maximum Gasteiger partial charge on any atom is 0.329 e. The fraction of sp³-hybridized carbons (Fsp3) is 0.435. The van der Waals surface area contributed by atoms with Crippen LogP contribution in [0.1, 0.15) is 39.7 Å². The molecule has 0 fully saturated rings. The van der Waals surface area contributed by atoms with Crippen LogP contribution in [0.3, 0.4) is 0 Å². The highest BCUT2D eigenvalue weighted by Gasteiger charge is 2.29. The predicted octanol–water partition coefficient (Wildman–Crippen LogP) is 2.98. The number of esters is 1. The Morgan fingerprint density at radius 2 is 1.69 bits per heavy atom. The van der Waals surface area contributed by atoms with Crippen molar-refractivity contribution in [2.45, 2.75) is 52.7 Å². The van der Waals surface area contributed by atoms with Crippen molar-refractivity contribution in [3.8, 4) is 0 Å². The Hall–Kier alpha value is -2.89. The number of nitrogens with one attached hydrogen (secondary N) is 2. The van der Waals surface area contributed by atoms with Gasteiger partial charge in [0.2, 0.25) is 5.91 Å². The molecule has 0 spiro atoms. The van der Waals surface area contributed by atoms with Gasteiger partial charge in [-0.05, 0) is 35.6 Å². The summed E-state index contributed by atoms with van der Waals surface area (Å²) < 4.78 is 5.29. The zero-order chi connectivity index (χ0) is 21.4. The first-order chi connectivity index (χ1) is 13.8. The highest BCUT2D eigenvalue weighted by atomic mass is 16.5. The van der Waals surface area contributed by atoms with Crippen LogP contribution in [-0.4, -0.2) is 36.5 Å². The molecule has 156 valence electrons. The van der Waals surface area contributed by atoms with Crippen LogP contribution in [-0.2, 0) is 25.5 Å². The van der Waals surface area contributed by atoms with E-state index in [9.17, 15) is 14.4 Å². The van der Waals surface area contributed by atoms with Crippen molar-refractivity contribution in [1.82, 2.24) is 10.6 Å². The highest BCUT2D eigenvalue weighted by Crippen LogP contribution is 2.19. The second-order valence-corrected chi connectivity index (χ2v) is 7.47. The summed E-state index contributed by atoms with van der Waals surface area (Å²) in [5.74, 6) is -1.39. The van der Waals surface area contributed by atoms with Crippen molar-refractivity contribution in [3.63, 3.8) is 0 Å². The summed E-state index contributed by atoms with van der Waals surface area (Å²) >= 11 is 0. The number of carbonyl (C=O) groups excluding carboxylic acids is 3. The van der Waals surface area contributed by atoms with Gasteiger partial charge in [0.1, 0.15) is 6.04 Å². The Balaban J connectivity index is 2.02. The first-order valence-electron chi connectivity index (χ1n) is 10.1. The minimum atomic E-state index is -0.912. The molecule has 0 aromatic heterocycles. The Labute approximate surface area is 172 Å². The van der Waals surface area contributed by atoms with Crippen molar-refractivity contribution in [2.24, 2.45) is 5.92 Å². The molecule has 0 bridgehead atoms. The molecule has 0 aliphatic heterocycles. The molecule has 2 N–H and O–H groups in total. The molecule has 2 aromatic rings. The van der Waals surface area contributed by atoms with Crippen molar-refractivity contribution in [2.75, 3.05) is 6.54 Å². The van der Waals surface area contributed by atoms with Gasteiger partial charge in [-0.15, -0.1) is 0 Å².